The molecule has 154 valence electrons. The van der Waals surface area contributed by atoms with Gasteiger partial charge >= 0.3 is 6.03 Å². The third-order valence-electron chi connectivity index (χ3n) is 4.72. The second kappa shape index (κ2) is 9.02. The molecular weight excluding hydrogens is 463 g/mol. The molecule has 0 spiro atoms. The number of fused-ring (bicyclic) bond motifs is 1. The van der Waals surface area contributed by atoms with Crippen LogP contribution in [0.25, 0.3) is 0 Å². The van der Waals surface area contributed by atoms with Crippen LogP contribution in [-0.2, 0) is 13.0 Å². The van der Waals surface area contributed by atoms with Gasteiger partial charge in [-0.05, 0) is 42.5 Å². The fourth-order valence-electron chi connectivity index (χ4n) is 3.35. The van der Waals surface area contributed by atoms with Gasteiger partial charge in [0.25, 0.3) is 0 Å². The maximum atomic E-state index is 13.7. The number of thioether (sulfide) groups is 1. The number of amides is 2. The van der Waals surface area contributed by atoms with Crippen molar-refractivity contribution < 1.29 is 4.79 Å². The lowest BCUT2D eigenvalue weighted by molar-refractivity contribution is 0.252. The number of aryl methyl sites for hydroxylation is 1. The van der Waals surface area contributed by atoms with E-state index >= 15 is 0 Å². The lowest BCUT2D eigenvalue weighted by atomic mass is 10.1. The highest BCUT2D eigenvalue weighted by atomic mass is 35.5. The molecule has 0 radical (unpaired) electrons. The number of hydrogen-bond donors (Lipinski definition) is 0. The molecule has 30 heavy (non-hydrogen) atoms. The van der Waals surface area contributed by atoms with Crippen LogP contribution in [0.4, 0.5) is 22.0 Å². The number of para-hydroxylation sites is 1. The predicted molar refractivity (Wildman–Crippen MR) is 125 cm³/mol. The standard InChI is InChI=1S/C21H17Cl3N4OS/c1-30-20-25-11-14-12-27(18-16(23)6-3-7-17(18)24)21(29)28(19(14)26-20)15-5-2-4-13(10-15)8-9-22/h2-7,10-11H,8-9,12H2,1H3. The van der Waals surface area contributed by atoms with Crippen LogP contribution < -0.4 is 9.80 Å². The molecule has 0 fully saturated rings. The monoisotopic (exact) mass is 478 g/mol. The molecule has 3 aromatic rings. The van der Waals surface area contributed by atoms with Gasteiger partial charge < -0.3 is 0 Å². The summed E-state index contributed by atoms with van der Waals surface area (Å²) in [5.74, 6) is 1.05. The molecule has 0 unspecified atom stereocenters. The smallest absolute Gasteiger partial charge is 0.286 e. The molecule has 2 amide bonds. The summed E-state index contributed by atoms with van der Waals surface area (Å²) in [4.78, 5) is 25.9. The zero-order valence-corrected chi connectivity index (χ0v) is 19.1. The lowest BCUT2D eigenvalue weighted by Crippen LogP contribution is -2.45. The molecule has 0 saturated carbocycles. The molecular formula is C21H17Cl3N4OS. The van der Waals surface area contributed by atoms with Gasteiger partial charge in [0.2, 0.25) is 0 Å². The first-order valence-corrected chi connectivity index (χ1v) is 11.7. The van der Waals surface area contributed by atoms with Gasteiger partial charge in [0.05, 0.1) is 28.0 Å². The Labute approximate surface area is 194 Å². The Morgan fingerprint density at radius 2 is 1.87 bits per heavy atom. The number of benzene rings is 2. The first-order valence-electron chi connectivity index (χ1n) is 9.14. The summed E-state index contributed by atoms with van der Waals surface area (Å²) in [5, 5.41) is 1.39. The average Bonchev–Trinajstić information content (AvgIpc) is 2.74. The molecule has 0 atom stereocenters. The highest BCUT2D eigenvalue weighted by Gasteiger charge is 2.36. The number of halogens is 3. The Kier molecular flexibility index (Phi) is 6.39. The lowest BCUT2D eigenvalue weighted by Gasteiger charge is -2.36. The zero-order valence-electron chi connectivity index (χ0n) is 16.0. The number of carbonyl (C=O) groups is 1. The summed E-state index contributed by atoms with van der Waals surface area (Å²) >= 11 is 20.2. The number of urea groups is 1. The number of aromatic nitrogens is 2. The minimum absolute atomic E-state index is 0.268. The molecule has 1 aromatic heterocycles. The number of anilines is 3. The van der Waals surface area contributed by atoms with Crippen molar-refractivity contribution in [3.05, 3.63) is 69.8 Å². The summed E-state index contributed by atoms with van der Waals surface area (Å²) in [6.45, 7) is 0.268. The molecule has 0 saturated heterocycles. The van der Waals surface area contributed by atoms with E-state index in [1.165, 1.54) is 11.8 Å². The molecule has 1 aliphatic rings. The van der Waals surface area contributed by atoms with E-state index in [2.05, 4.69) is 9.97 Å². The first kappa shape index (κ1) is 21.2. The molecule has 0 N–H and O–H groups in total. The minimum atomic E-state index is -0.286. The molecule has 2 heterocycles. The molecule has 5 nitrogen and oxygen atoms in total. The van der Waals surface area contributed by atoms with E-state index in [0.29, 0.717) is 44.7 Å². The van der Waals surface area contributed by atoms with Crippen LogP contribution in [0.5, 0.6) is 0 Å². The van der Waals surface area contributed by atoms with Crippen molar-refractivity contribution in [2.45, 2.75) is 18.1 Å². The Balaban J connectivity index is 1.88. The number of alkyl halides is 1. The minimum Gasteiger partial charge on any atom is -0.286 e. The molecule has 4 rings (SSSR count). The number of hydrogen-bond acceptors (Lipinski definition) is 4. The zero-order chi connectivity index (χ0) is 21.3. The largest absolute Gasteiger partial charge is 0.335 e. The Morgan fingerprint density at radius 3 is 2.57 bits per heavy atom. The quantitative estimate of drug-likeness (QED) is 0.236. The van der Waals surface area contributed by atoms with E-state index < -0.39 is 0 Å². The Bertz CT molecular complexity index is 1090. The van der Waals surface area contributed by atoms with Gasteiger partial charge in [-0.3, -0.25) is 4.90 Å². The molecule has 0 bridgehead atoms. The van der Waals surface area contributed by atoms with Crippen molar-refractivity contribution in [2.75, 3.05) is 21.9 Å². The maximum absolute atomic E-state index is 13.7. The number of rotatable bonds is 5. The van der Waals surface area contributed by atoms with Crippen molar-refractivity contribution in [2.24, 2.45) is 0 Å². The highest BCUT2D eigenvalue weighted by Crippen LogP contribution is 2.41. The number of carbonyl (C=O) groups excluding carboxylic acids is 1. The van der Waals surface area contributed by atoms with Gasteiger partial charge in [0, 0.05) is 17.6 Å². The van der Waals surface area contributed by atoms with Gasteiger partial charge in [0.1, 0.15) is 0 Å². The van der Waals surface area contributed by atoms with Crippen molar-refractivity contribution >= 4 is 69.8 Å². The van der Waals surface area contributed by atoms with Gasteiger partial charge in [0.15, 0.2) is 11.0 Å². The second-order valence-corrected chi connectivity index (χ2v) is 8.55. The predicted octanol–water partition coefficient (Wildman–Crippen LogP) is 6.56. The topological polar surface area (TPSA) is 49.3 Å². The van der Waals surface area contributed by atoms with E-state index in [9.17, 15) is 4.79 Å². The van der Waals surface area contributed by atoms with Crippen LogP contribution >= 0.6 is 46.6 Å². The van der Waals surface area contributed by atoms with Crippen molar-refractivity contribution in [1.82, 2.24) is 9.97 Å². The van der Waals surface area contributed by atoms with Crippen molar-refractivity contribution in [3.63, 3.8) is 0 Å². The summed E-state index contributed by atoms with van der Waals surface area (Å²) in [5.41, 5.74) is 2.99. The van der Waals surface area contributed by atoms with Gasteiger partial charge in [-0.2, -0.15) is 0 Å². The van der Waals surface area contributed by atoms with Gasteiger partial charge in [-0.15, -0.1) is 11.6 Å². The van der Waals surface area contributed by atoms with E-state index in [4.69, 9.17) is 34.8 Å². The van der Waals surface area contributed by atoms with Crippen molar-refractivity contribution in [1.29, 1.82) is 0 Å². The Hall–Kier alpha value is -1.99. The second-order valence-electron chi connectivity index (χ2n) is 6.59. The molecule has 1 aliphatic heterocycles. The van der Waals surface area contributed by atoms with E-state index in [1.54, 1.807) is 34.2 Å². The van der Waals surface area contributed by atoms with Crippen LogP contribution in [0, 0.1) is 0 Å². The first-order chi connectivity index (χ1) is 14.5. The summed E-state index contributed by atoms with van der Waals surface area (Å²) in [7, 11) is 0. The van der Waals surface area contributed by atoms with Crippen molar-refractivity contribution in [3.8, 4) is 0 Å². The third kappa shape index (κ3) is 3.97. The van der Waals surface area contributed by atoms with Crippen LogP contribution in [0.3, 0.4) is 0 Å². The fourth-order valence-corrected chi connectivity index (χ4v) is 4.50. The highest BCUT2D eigenvalue weighted by molar-refractivity contribution is 7.98. The van der Waals surface area contributed by atoms with E-state index in [1.807, 2.05) is 30.5 Å². The number of nitrogens with zero attached hydrogens (tertiary/aromatic N) is 4. The van der Waals surface area contributed by atoms with Crippen LogP contribution in [0.2, 0.25) is 10.0 Å². The van der Waals surface area contributed by atoms with Crippen LogP contribution in [0.1, 0.15) is 11.1 Å². The molecule has 2 aromatic carbocycles. The fraction of sp³-hybridized carbons (Fsp3) is 0.190. The maximum Gasteiger partial charge on any atom is 0.335 e. The molecule has 9 heteroatoms. The third-order valence-corrected chi connectivity index (χ3v) is 6.08. The summed E-state index contributed by atoms with van der Waals surface area (Å²) in [6, 6.07) is 12.6. The van der Waals surface area contributed by atoms with Crippen LogP contribution in [-0.4, -0.2) is 28.1 Å². The summed E-state index contributed by atoms with van der Waals surface area (Å²) < 4.78 is 0. The van der Waals surface area contributed by atoms with Gasteiger partial charge in [-0.25, -0.2) is 19.7 Å². The van der Waals surface area contributed by atoms with Gasteiger partial charge in [-0.1, -0.05) is 53.2 Å². The molecule has 0 aliphatic carbocycles. The van der Waals surface area contributed by atoms with E-state index in [0.717, 1.165) is 11.1 Å². The van der Waals surface area contributed by atoms with E-state index in [-0.39, 0.29) is 12.6 Å². The Morgan fingerprint density at radius 1 is 1.13 bits per heavy atom. The normalized spacial score (nSPS) is 13.5. The average molecular weight is 480 g/mol. The SMILES string of the molecule is CSc1ncc2c(n1)N(c1cccc(CCCl)c1)C(=O)N(c1c(Cl)cccc1Cl)C2. The van der Waals surface area contributed by atoms with Crippen LogP contribution in [0.15, 0.2) is 53.8 Å². The summed E-state index contributed by atoms with van der Waals surface area (Å²) in [6.07, 6.45) is 4.34.